The first-order chi connectivity index (χ1) is 21.7. The Labute approximate surface area is 268 Å². The molecule has 0 aromatic heterocycles. The fourth-order valence-corrected chi connectivity index (χ4v) is 5.10. The Bertz CT molecular complexity index is 1620. The van der Waals surface area contributed by atoms with Gasteiger partial charge in [0.1, 0.15) is 18.0 Å². The van der Waals surface area contributed by atoms with E-state index in [4.69, 9.17) is 30.9 Å². The number of alkyl halides is 2. The summed E-state index contributed by atoms with van der Waals surface area (Å²) in [5.41, 5.74) is 0.664. The molecule has 3 aromatic rings. The lowest BCUT2D eigenvalue weighted by Gasteiger charge is -2.32. The number of benzene rings is 3. The van der Waals surface area contributed by atoms with Crippen molar-refractivity contribution < 1.29 is 52.3 Å². The number of aliphatic carboxylic acids is 1. The number of halogens is 3. The van der Waals surface area contributed by atoms with Crippen molar-refractivity contribution in [2.75, 3.05) is 37.6 Å². The number of carbonyl (C=O) groups excluding carboxylic acids is 2. The molecular weight excluding hydrogens is 630 g/mol. The largest absolute Gasteiger partial charge is 0.501 e. The highest BCUT2D eigenvalue weighted by Crippen LogP contribution is 2.45. The van der Waals surface area contributed by atoms with Crippen molar-refractivity contribution in [2.45, 2.75) is 38.6 Å². The zero-order chi connectivity index (χ0) is 33.8. The van der Waals surface area contributed by atoms with E-state index in [-0.39, 0.29) is 18.8 Å². The Balaban J connectivity index is 1.74. The Morgan fingerprint density at radius 1 is 1.04 bits per heavy atom. The Hall–Kier alpha value is -4.46. The topological polar surface area (TPSA) is 144 Å². The normalized spacial score (nSPS) is 16.7. The number of aliphatic hydroxyl groups excluding tert-OH is 1. The zero-order valence-corrected chi connectivity index (χ0v) is 26.1. The van der Waals surface area contributed by atoms with Gasteiger partial charge in [0.05, 0.1) is 20.6 Å². The number of rotatable bonds is 12. The average Bonchev–Trinajstić information content (AvgIpc) is 3.10. The SMILES string of the molecule is COc1cccc([C@H]2O[C@H](CC(=O)Nc3cccc(OC(F)(F)C(=O)O)c3)C(=O)N(CC(C)(C)CO)c3ccc(Cl)cc32)c1OC. The van der Waals surface area contributed by atoms with E-state index in [1.54, 1.807) is 50.2 Å². The number of nitrogens with zero attached hydrogens (tertiary/aromatic N) is 1. The van der Waals surface area contributed by atoms with E-state index >= 15 is 0 Å². The number of ether oxygens (including phenoxy) is 4. The molecular formula is C32H33ClF2N2O9. The van der Waals surface area contributed by atoms with Crippen molar-refractivity contribution in [3.63, 3.8) is 0 Å². The molecule has 246 valence electrons. The van der Waals surface area contributed by atoms with E-state index < -0.39 is 53.7 Å². The number of nitrogens with one attached hydrogen (secondary N) is 1. The number of hydrogen-bond acceptors (Lipinski definition) is 8. The smallest absolute Gasteiger partial charge is 0.493 e. The van der Waals surface area contributed by atoms with Crippen LogP contribution in [0, 0.1) is 5.41 Å². The number of methoxy groups -OCH3 is 2. The molecule has 1 aliphatic rings. The summed E-state index contributed by atoms with van der Waals surface area (Å²) in [4.78, 5) is 39.7. The van der Waals surface area contributed by atoms with Gasteiger partial charge < -0.3 is 39.4 Å². The minimum Gasteiger partial charge on any atom is -0.493 e. The fraction of sp³-hybridized carbons (Fsp3) is 0.344. The van der Waals surface area contributed by atoms with E-state index in [0.29, 0.717) is 33.3 Å². The number of carbonyl (C=O) groups is 3. The molecule has 0 fully saturated rings. The van der Waals surface area contributed by atoms with Crippen LogP contribution in [0.3, 0.4) is 0 Å². The van der Waals surface area contributed by atoms with Gasteiger partial charge >= 0.3 is 12.1 Å². The maximum absolute atomic E-state index is 14.2. The van der Waals surface area contributed by atoms with E-state index in [2.05, 4.69) is 10.1 Å². The molecule has 0 bridgehead atoms. The molecule has 46 heavy (non-hydrogen) atoms. The molecule has 11 nitrogen and oxygen atoms in total. The third-order valence-corrected chi connectivity index (χ3v) is 7.35. The lowest BCUT2D eigenvalue weighted by atomic mass is 9.92. The van der Waals surface area contributed by atoms with Crippen LogP contribution < -0.4 is 24.4 Å². The first kappa shape index (κ1) is 34.4. The lowest BCUT2D eigenvalue weighted by molar-refractivity contribution is -0.210. The van der Waals surface area contributed by atoms with Gasteiger partial charge in [-0.3, -0.25) is 9.59 Å². The number of fused-ring (bicyclic) bond motifs is 1. The van der Waals surface area contributed by atoms with Gasteiger partial charge in [0.25, 0.3) is 5.91 Å². The van der Waals surface area contributed by atoms with Crippen LogP contribution in [0.1, 0.15) is 37.5 Å². The van der Waals surface area contributed by atoms with Gasteiger partial charge in [0.15, 0.2) is 11.5 Å². The van der Waals surface area contributed by atoms with Crippen molar-refractivity contribution in [1.82, 2.24) is 0 Å². The van der Waals surface area contributed by atoms with Crippen molar-refractivity contribution in [1.29, 1.82) is 0 Å². The van der Waals surface area contributed by atoms with Gasteiger partial charge in [-0.05, 0) is 36.4 Å². The first-order valence-corrected chi connectivity index (χ1v) is 14.4. The van der Waals surface area contributed by atoms with Crippen molar-refractivity contribution in [3.05, 3.63) is 76.8 Å². The van der Waals surface area contributed by atoms with Gasteiger partial charge in [-0.1, -0.05) is 43.6 Å². The standard InChI is InChI=1S/C32H33ClF2N2O9/c1-31(2,17-38)16-37-23-12-11-18(33)13-22(23)27(21-9-6-10-24(43-3)28(21)44-4)45-25(29(37)40)15-26(39)36-19-7-5-8-20(14-19)46-32(34,35)30(41)42/h5-14,25,27,38H,15-17H2,1-4H3,(H,36,39)(H,41,42)/t25-,27-/m1/s1. The molecule has 14 heteroatoms. The zero-order valence-electron chi connectivity index (χ0n) is 25.4. The van der Waals surface area contributed by atoms with Crippen molar-refractivity contribution in [2.24, 2.45) is 5.41 Å². The molecule has 0 spiro atoms. The molecule has 1 heterocycles. The molecule has 2 atom stereocenters. The highest BCUT2D eigenvalue weighted by Gasteiger charge is 2.43. The number of anilines is 2. The van der Waals surface area contributed by atoms with Gasteiger partial charge in [0, 0.05) is 52.2 Å². The molecule has 0 saturated carbocycles. The van der Waals surface area contributed by atoms with E-state index in [0.717, 1.165) is 12.1 Å². The molecule has 1 aliphatic heterocycles. The fourth-order valence-electron chi connectivity index (χ4n) is 4.91. The van der Waals surface area contributed by atoms with Crippen LogP contribution in [0.2, 0.25) is 5.02 Å². The molecule has 3 aromatic carbocycles. The third kappa shape index (κ3) is 7.66. The van der Waals surface area contributed by atoms with Gasteiger partial charge in [0.2, 0.25) is 5.91 Å². The number of para-hydroxylation sites is 1. The molecule has 2 amide bonds. The van der Waals surface area contributed by atoms with Gasteiger partial charge in [-0.25, -0.2) is 4.79 Å². The van der Waals surface area contributed by atoms with Gasteiger partial charge in [-0.15, -0.1) is 0 Å². The minimum atomic E-state index is -4.50. The van der Waals surface area contributed by atoms with E-state index in [1.165, 1.54) is 31.3 Å². The quantitative estimate of drug-likeness (QED) is 0.236. The summed E-state index contributed by atoms with van der Waals surface area (Å²) in [6.45, 7) is 3.35. The minimum absolute atomic E-state index is 0.00381. The van der Waals surface area contributed by atoms with Crippen LogP contribution in [0.25, 0.3) is 0 Å². The summed E-state index contributed by atoms with van der Waals surface area (Å²) in [6.07, 6.45) is -7.39. The van der Waals surface area contributed by atoms with Crippen LogP contribution in [0.5, 0.6) is 17.2 Å². The number of carboxylic acids is 1. The van der Waals surface area contributed by atoms with Crippen LogP contribution in [0.15, 0.2) is 60.7 Å². The highest BCUT2D eigenvalue weighted by molar-refractivity contribution is 6.30. The second-order valence-electron chi connectivity index (χ2n) is 11.2. The maximum atomic E-state index is 14.2. The first-order valence-electron chi connectivity index (χ1n) is 14.0. The molecule has 3 N–H and O–H groups in total. The second kappa shape index (κ2) is 13.9. The molecule has 0 saturated heterocycles. The third-order valence-electron chi connectivity index (χ3n) is 7.12. The Morgan fingerprint density at radius 3 is 2.41 bits per heavy atom. The van der Waals surface area contributed by atoms with E-state index in [9.17, 15) is 28.3 Å². The number of amides is 2. The molecule has 4 rings (SSSR count). The molecule has 0 radical (unpaired) electrons. The van der Waals surface area contributed by atoms with Crippen LogP contribution >= 0.6 is 11.6 Å². The molecule has 0 aliphatic carbocycles. The predicted molar refractivity (Wildman–Crippen MR) is 164 cm³/mol. The van der Waals surface area contributed by atoms with E-state index in [1.807, 2.05) is 0 Å². The lowest BCUT2D eigenvalue weighted by Crippen LogP contribution is -2.46. The van der Waals surface area contributed by atoms with Crippen LogP contribution in [-0.2, 0) is 19.1 Å². The Morgan fingerprint density at radius 2 is 1.76 bits per heavy atom. The van der Waals surface area contributed by atoms with Crippen molar-refractivity contribution >= 4 is 40.8 Å². The number of aliphatic hydroxyl groups is 1. The maximum Gasteiger partial charge on any atom is 0.501 e. The summed E-state index contributed by atoms with van der Waals surface area (Å²) in [5.74, 6) is -3.57. The average molecular weight is 663 g/mol. The van der Waals surface area contributed by atoms with Crippen LogP contribution in [0.4, 0.5) is 20.2 Å². The summed E-state index contributed by atoms with van der Waals surface area (Å²) >= 11 is 6.43. The summed E-state index contributed by atoms with van der Waals surface area (Å²) in [6, 6.07) is 14.8. The summed E-state index contributed by atoms with van der Waals surface area (Å²) in [7, 11) is 2.92. The van der Waals surface area contributed by atoms with Crippen molar-refractivity contribution in [3.8, 4) is 17.2 Å². The number of hydrogen-bond donors (Lipinski definition) is 3. The van der Waals surface area contributed by atoms with Gasteiger partial charge in [-0.2, -0.15) is 8.78 Å². The second-order valence-corrected chi connectivity index (χ2v) is 11.7. The summed E-state index contributed by atoms with van der Waals surface area (Å²) < 4.78 is 49.1. The summed E-state index contributed by atoms with van der Waals surface area (Å²) in [5, 5.41) is 21.6. The highest BCUT2D eigenvalue weighted by atomic mass is 35.5. The monoisotopic (exact) mass is 662 g/mol. The Kier molecular flexibility index (Phi) is 10.4. The predicted octanol–water partition coefficient (Wildman–Crippen LogP) is 5.28. The van der Waals surface area contributed by atoms with Crippen LogP contribution in [-0.4, -0.2) is 67.6 Å². The number of carboxylic acid groups (broad SMARTS) is 1. The molecule has 0 unspecified atom stereocenters.